The van der Waals surface area contributed by atoms with Gasteiger partial charge in [0.2, 0.25) is 5.91 Å². The van der Waals surface area contributed by atoms with Crippen LogP contribution in [0.4, 0.5) is 0 Å². The standard InChI is InChI=1S/C11H22N2O/c1-8(2)5-4-6-9(3)13-7-10(12)11(13)14/h8-10H,4-7,12H2,1-3H3. The Morgan fingerprint density at radius 2 is 2.07 bits per heavy atom. The van der Waals surface area contributed by atoms with E-state index in [0.717, 1.165) is 18.9 Å². The lowest BCUT2D eigenvalue weighted by Gasteiger charge is -2.40. The average molecular weight is 198 g/mol. The summed E-state index contributed by atoms with van der Waals surface area (Å²) in [6, 6.07) is 0.156. The van der Waals surface area contributed by atoms with Crippen molar-refractivity contribution in [1.29, 1.82) is 0 Å². The Hall–Kier alpha value is -0.570. The molecule has 1 rings (SSSR count). The van der Waals surface area contributed by atoms with Crippen LogP contribution >= 0.6 is 0 Å². The van der Waals surface area contributed by atoms with E-state index in [0.29, 0.717) is 6.04 Å². The molecule has 0 aromatic rings. The minimum atomic E-state index is -0.220. The number of β-lactam (4-membered cyclic amide) rings is 1. The molecule has 0 saturated carbocycles. The summed E-state index contributed by atoms with van der Waals surface area (Å²) in [6.07, 6.45) is 3.56. The SMILES string of the molecule is CC(C)CCCC(C)N1CC(N)C1=O. The maximum Gasteiger partial charge on any atom is 0.241 e. The second kappa shape index (κ2) is 4.78. The van der Waals surface area contributed by atoms with Crippen molar-refractivity contribution in [3.63, 3.8) is 0 Å². The summed E-state index contributed by atoms with van der Waals surface area (Å²) < 4.78 is 0. The van der Waals surface area contributed by atoms with Gasteiger partial charge in [-0.1, -0.05) is 26.7 Å². The Kier molecular flexibility index (Phi) is 3.93. The van der Waals surface area contributed by atoms with E-state index in [9.17, 15) is 4.79 Å². The number of likely N-dealkylation sites (tertiary alicyclic amines) is 1. The smallest absolute Gasteiger partial charge is 0.241 e. The van der Waals surface area contributed by atoms with Crippen LogP contribution in [0.5, 0.6) is 0 Å². The van der Waals surface area contributed by atoms with Crippen LogP contribution < -0.4 is 5.73 Å². The Labute approximate surface area is 86.6 Å². The topological polar surface area (TPSA) is 46.3 Å². The molecule has 0 aliphatic carbocycles. The highest BCUT2D eigenvalue weighted by molar-refractivity contribution is 5.87. The Bertz CT molecular complexity index is 203. The van der Waals surface area contributed by atoms with Gasteiger partial charge in [0, 0.05) is 12.6 Å². The van der Waals surface area contributed by atoms with Crippen molar-refractivity contribution in [3.8, 4) is 0 Å². The second-order valence-electron chi connectivity index (χ2n) is 4.77. The van der Waals surface area contributed by atoms with E-state index >= 15 is 0 Å². The van der Waals surface area contributed by atoms with Gasteiger partial charge in [-0.25, -0.2) is 0 Å². The van der Waals surface area contributed by atoms with Gasteiger partial charge in [0.1, 0.15) is 6.04 Å². The summed E-state index contributed by atoms with van der Waals surface area (Å²) >= 11 is 0. The van der Waals surface area contributed by atoms with Gasteiger partial charge in [-0.15, -0.1) is 0 Å². The van der Waals surface area contributed by atoms with Crippen LogP contribution in [0.3, 0.4) is 0 Å². The van der Waals surface area contributed by atoms with E-state index in [-0.39, 0.29) is 11.9 Å². The molecule has 2 unspecified atom stereocenters. The highest BCUT2D eigenvalue weighted by Gasteiger charge is 2.35. The lowest BCUT2D eigenvalue weighted by Crippen LogP contribution is -2.63. The number of carbonyl (C=O) groups excluding carboxylic acids is 1. The molecule has 0 aromatic carbocycles. The first-order valence-corrected chi connectivity index (χ1v) is 5.58. The monoisotopic (exact) mass is 198 g/mol. The molecule has 0 bridgehead atoms. The van der Waals surface area contributed by atoms with Crippen molar-refractivity contribution in [2.24, 2.45) is 11.7 Å². The minimum absolute atomic E-state index is 0.127. The molecule has 0 radical (unpaired) electrons. The third kappa shape index (κ3) is 2.71. The van der Waals surface area contributed by atoms with Gasteiger partial charge in [0.25, 0.3) is 0 Å². The lowest BCUT2D eigenvalue weighted by atomic mass is 9.99. The Morgan fingerprint density at radius 3 is 2.50 bits per heavy atom. The van der Waals surface area contributed by atoms with E-state index in [1.807, 2.05) is 4.90 Å². The number of rotatable bonds is 5. The third-order valence-electron chi connectivity index (χ3n) is 2.93. The fourth-order valence-corrected chi connectivity index (χ4v) is 1.86. The predicted octanol–water partition coefficient (Wildman–Crippen LogP) is 1.37. The molecular formula is C11H22N2O. The van der Waals surface area contributed by atoms with Crippen molar-refractivity contribution in [2.75, 3.05) is 6.54 Å². The molecule has 2 N–H and O–H groups in total. The largest absolute Gasteiger partial charge is 0.336 e. The number of amides is 1. The molecule has 1 heterocycles. The van der Waals surface area contributed by atoms with Gasteiger partial charge in [-0.2, -0.15) is 0 Å². The second-order valence-corrected chi connectivity index (χ2v) is 4.77. The quantitative estimate of drug-likeness (QED) is 0.678. The van der Waals surface area contributed by atoms with Gasteiger partial charge in [-0.3, -0.25) is 4.79 Å². The van der Waals surface area contributed by atoms with Crippen LogP contribution in [-0.4, -0.2) is 29.4 Å². The highest BCUT2D eigenvalue weighted by Crippen LogP contribution is 2.18. The zero-order valence-corrected chi connectivity index (χ0v) is 9.49. The van der Waals surface area contributed by atoms with E-state index in [4.69, 9.17) is 5.73 Å². The van der Waals surface area contributed by atoms with Gasteiger partial charge in [0.15, 0.2) is 0 Å². The molecule has 0 aromatic heterocycles. The molecule has 1 amide bonds. The zero-order valence-electron chi connectivity index (χ0n) is 9.49. The van der Waals surface area contributed by atoms with Crippen molar-refractivity contribution in [1.82, 2.24) is 4.90 Å². The Balaban J connectivity index is 2.16. The Morgan fingerprint density at radius 1 is 1.43 bits per heavy atom. The molecular weight excluding hydrogens is 176 g/mol. The molecule has 1 aliphatic heterocycles. The molecule has 0 spiro atoms. The number of hydrogen-bond donors (Lipinski definition) is 1. The van der Waals surface area contributed by atoms with Gasteiger partial charge in [0.05, 0.1) is 0 Å². The molecule has 1 fully saturated rings. The van der Waals surface area contributed by atoms with E-state index in [1.54, 1.807) is 0 Å². The summed E-state index contributed by atoms with van der Waals surface area (Å²) in [5.74, 6) is 0.888. The summed E-state index contributed by atoms with van der Waals surface area (Å²) in [7, 11) is 0. The molecule has 14 heavy (non-hydrogen) atoms. The summed E-state index contributed by atoms with van der Waals surface area (Å²) in [6.45, 7) is 7.33. The first-order valence-electron chi connectivity index (χ1n) is 5.58. The first kappa shape index (κ1) is 11.5. The van der Waals surface area contributed by atoms with Crippen molar-refractivity contribution in [3.05, 3.63) is 0 Å². The van der Waals surface area contributed by atoms with Crippen LogP contribution in [0.15, 0.2) is 0 Å². The first-order chi connectivity index (χ1) is 6.52. The molecule has 3 heteroatoms. The highest BCUT2D eigenvalue weighted by atomic mass is 16.2. The average Bonchev–Trinajstić information content (AvgIpc) is 2.12. The number of carbonyl (C=O) groups is 1. The maximum absolute atomic E-state index is 11.3. The van der Waals surface area contributed by atoms with Crippen LogP contribution in [0.25, 0.3) is 0 Å². The van der Waals surface area contributed by atoms with Crippen LogP contribution in [0, 0.1) is 5.92 Å². The normalized spacial score (nSPS) is 23.9. The molecule has 3 nitrogen and oxygen atoms in total. The lowest BCUT2D eigenvalue weighted by molar-refractivity contribution is -0.145. The van der Waals surface area contributed by atoms with Crippen molar-refractivity contribution >= 4 is 5.91 Å². The van der Waals surface area contributed by atoms with Gasteiger partial charge in [-0.05, 0) is 19.3 Å². The van der Waals surface area contributed by atoms with E-state index in [2.05, 4.69) is 20.8 Å². The van der Waals surface area contributed by atoms with Crippen molar-refractivity contribution in [2.45, 2.75) is 52.1 Å². The van der Waals surface area contributed by atoms with Gasteiger partial charge >= 0.3 is 0 Å². The van der Waals surface area contributed by atoms with E-state index < -0.39 is 0 Å². The predicted molar refractivity (Wildman–Crippen MR) is 57.8 cm³/mol. The van der Waals surface area contributed by atoms with Crippen molar-refractivity contribution < 1.29 is 4.79 Å². The van der Waals surface area contributed by atoms with Crippen LogP contribution in [-0.2, 0) is 4.79 Å². The minimum Gasteiger partial charge on any atom is -0.336 e. The molecule has 2 atom stereocenters. The third-order valence-corrected chi connectivity index (χ3v) is 2.93. The zero-order chi connectivity index (χ0) is 10.7. The fraction of sp³-hybridized carbons (Fsp3) is 0.909. The summed E-state index contributed by atoms with van der Waals surface area (Å²) in [5, 5.41) is 0. The van der Waals surface area contributed by atoms with Crippen LogP contribution in [0.2, 0.25) is 0 Å². The molecule has 1 saturated heterocycles. The number of nitrogens with zero attached hydrogens (tertiary/aromatic N) is 1. The van der Waals surface area contributed by atoms with Crippen LogP contribution in [0.1, 0.15) is 40.0 Å². The van der Waals surface area contributed by atoms with Gasteiger partial charge < -0.3 is 10.6 Å². The molecule has 1 aliphatic rings. The fourth-order valence-electron chi connectivity index (χ4n) is 1.86. The summed E-state index contributed by atoms with van der Waals surface area (Å²) in [5.41, 5.74) is 5.54. The number of hydrogen-bond acceptors (Lipinski definition) is 2. The van der Waals surface area contributed by atoms with E-state index in [1.165, 1.54) is 12.8 Å². The maximum atomic E-state index is 11.3. The number of nitrogens with two attached hydrogens (primary N) is 1. The molecule has 82 valence electrons. The summed E-state index contributed by atoms with van der Waals surface area (Å²) in [4.78, 5) is 13.2.